The van der Waals surface area contributed by atoms with Gasteiger partial charge in [0.15, 0.2) is 5.96 Å². The van der Waals surface area contributed by atoms with Gasteiger partial charge in [0.05, 0.1) is 38.7 Å². The molecular formula is C68H88N12O14. The molecule has 0 spiro atoms. The van der Waals surface area contributed by atoms with Gasteiger partial charge in [-0.05, 0) is 108 Å². The number of carbonyl (C=O) groups excluding carboxylic acids is 5. The summed E-state index contributed by atoms with van der Waals surface area (Å²) in [4.78, 5) is 111. The number of carbonyl (C=O) groups is 8. The minimum atomic E-state index is -1.06. The Balaban J connectivity index is 0.934. The molecule has 7 rings (SSSR count). The fourth-order valence-electron chi connectivity index (χ4n) is 11.5. The molecule has 94 heavy (non-hydrogen) atoms. The SMILES string of the molecule is N=C(N)NCCC[C@@H](NC(=O)C(c1ccccc1)c1cccc(OCCCCNC(=O)[C@@H](CCCCNC(=O)CN2CCN(CC(=O)O)CCN(CC(=O)O)CCN(CC(=O)O)CC2)NC(=O)OCC2c3ccccc3-c3ccccc32)c1)C(=O)NCc1ccc(O)cc1. The summed E-state index contributed by atoms with van der Waals surface area (Å²) < 4.78 is 12.1. The van der Waals surface area contributed by atoms with E-state index in [9.17, 15) is 58.8 Å². The Bertz CT molecular complexity index is 3250. The molecule has 1 saturated heterocycles. The first-order valence-electron chi connectivity index (χ1n) is 31.8. The summed E-state index contributed by atoms with van der Waals surface area (Å²) in [5.41, 5.74) is 11.7. The Kier molecular flexibility index (Phi) is 28.9. The monoisotopic (exact) mass is 1300 g/mol. The van der Waals surface area contributed by atoms with E-state index in [1.807, 2.05) is 89.8 Å². The molecule has 5 amide bonds. The molecule has 5 aromatic carbocycles. The highest BCUT2D eigenvalue weighted by molar-refractivity contribution is 5.92. The fourth-order valence-corrected chi connectivity index (χ4v) is 11.5. The Morgan fingerprint density at radius 2 is 1.02 bits per heavy atom. The summed E-state index contributed by atoms with van der Waals surface area (Å²) in [6, 6.07) is 36.7. The first-order chi connectivity index (χ1) is 45.4. The lowest BCUT2D eigenvalue weighted by Gasteiger charge is -2.32. The molecule has 1 fully saturated rings. The van der Waals surface area contributed by atoms with Crippen molar-refractivity contribution in [1.82, 2.24) is 51.5 Å². The number of alkyl carbamates (subject to hydrolysis) is 1. The maximum atomic E-state index is 14.4. The number of carboxylic acids is 3. The number of phenolic OH excluding ortho intramolecular Hbond substituents is 1. The lowest BCUT2D eigenvalue weighted by Crippen LogP contribution is -2.49. The molecule has 0 bridgehead atoms. The predicted octanol–water partition coefficient (Wildman–Crippen LogP) is 3.53. The van der Waals surface area contributed by atoms with Gasteiger partial charge in [0.2, 0.25) is 23.6 Å². The minimum Gasteiger partial charge on any atom is -0.508 e. The molecule has 0 aromatic heterocycles. The van der Waals surface area contributed by atoms with Crippen molar-refractivity contribution in [2.45, 2.75) is 75.4 Å². The standard InChI is InChI=1S/C68H88N12O14/c69-67(70)73-30-13-23-57(65(90)74-41-47-24-26-50(81)27-25-47)75-66(91)63(48-14-2-1-3-15-48)49-16-12-17-51(40-49)93-39-11-10-29-72-64(89)58(76-68(92)94-46-56-54-20-6-4-18-52(54)53-19-5-7-21-55(53)56)22-8-9-28-71-59(82)42-77-31-33-78(43-60(83)84)35-37-80(45-62(87)88)38-36-79(34-32-77)44-61(85)86/h1-7,12,14-21,24-27,40,56-58,63,81H,8-11,13,22-23,28-39,41-46H2,(H,71,82)(H,72,89)(H,74,90)(H,75,91)(H,76,92)(H,83,84)(H,85,86)(H,87,88)(H4,69,70,73)/t57-,58-,63?/m1/s1. The number of guanidine groups is 1. The van der Waals surface area contributed by atoms with Crippen LogP contribution >= 0.6 is 0 Å². The van der Waals surface area contributed by atoms with E-state index in [0.717, 1.165) is 27.8 Å². The van der Waals surface area contributed by atoms with Crippen molar-refractivity contribution in [1.29, 1.82) is 5.41 Å². The number of nitrogens with two attached hydrogens (primary N) is 1. The molecule has 13 N–H and O–H groups in total. The number of benzene rings is 5. The number of fused-ring (bicyclic) bond motifs is 3. The van der Waals surface area contributed by atoms with Gasteiger partial charge in [0.25, 0.3) is 0 Å². The molecule has 1 aliphatic carbocycles. The summed E-state index contributed by atoms with van der Waals surface area (Å²) in [5.74, 6) is -5.43. The lowest BCUT2D eigenvalue weighted by molar-refractivity contribution is -0.140. The van der Waals surface area contributed by atoms with Gasteiger partial charge in [-0.15, -0.1) is 0 Å². The fraction of sp³-hybridized carbons (Fsp3) is 0.426. The lowest BCUT2D eigenvalue weighted by atomic mass is 9.90. The topological polar surface area (TPSA) is 371 Å². The highest BCUT2D eigenvalue weighted by Gasteiger charge is 2.32. The Hall–Kier alpha value is -9.63. The van der Waals surface area contributed by atoms with Crippen molar-refractivity contribution in [3.8, 4) is 22.6 Å². The van der Waals surface area contributed by atoms with Crippen LogP contribution in [0.3, 0.4) is 0 Å². The van der Waals surface area contributed by atoms with Crippen LogP contribution in [0.15, 0.2) is 127 Å². The van der Waals surface area contributed by atoms with E-state index >= 15 is 0 Å². The molecule has 3 atom stereocenters. The largest absolute Gasteiger partial charge is 0.508 e. The average Bonchev–Trinajstić information content (AvgIpc) is 1.61. The highest BCUT2D eigenvalue weighted by Crippen LogP contribution is 2.44. The van der Waals surface area contributed by atoms with Crippen LogP contribution in [0.1, 0.15) is 84.6 Å². The van der Waals surface area contributed by atoms with Crippen LogP contribution in [0.5, 0.6) is 11.5 Å². The normalized spacial score (nSPS) is 15.0. The minimum absolute atomic E-state index is 0.0337. The zero-order valence-electron chi connectivity index (χ0n) is 52.8. The second-order valence-electron chi connectivity index (χ2n) is 23.3. The molecule has 5 aromatic rings. The third kappa shape index (κ3) is 24.1. The second kappa shape index (κ2) is 37.8. The van der Waals surface area contributed by atoms with Crippen molar-refractivity contribution < 1.29 is 68.3 Å². The number of ether oxygens (including phenoxy) is 2. The van der Waals surface area contributed by atoms with Gasteiger partial charge in [-0.3, -0.25) is 58.6 Å². The third-order valence-electron chi connectivity index (χ3n) is 16.3. The maximum Gasteiger partial charge on any atom is 0.407 e. The van der Waals surface area contributed by atoms with E-state index in [1.54, 1.807) is 45.0 Å². The quantitative estimate of drug-likeness (QED) is 0.0159. The number of hydrogen-bond acceptors (Lipinski definition) is 16. The molecule has 26 nitrogen and oxygen atoms in total. The Labute approximate surface area is 547 Å². The van der Waals surface area contributed by atoms with Crippen molar-refractivity contribution in [2.75, 3.05) is 111 Å². The molecule has 2 aliphatic rings. The molecule has 1 unspecified atom stereocenters. The highest BCUT2D eigenvalue weighted by atomic mass is 16.5. The molecule has 0 radical (unpaired) electrons. The number of rotatable bonds is 34. The van der Waals surface area contributed by atoms with E-state index in [2.05, 4.69) is 31.9 Å². The summed E-state index contributed by atoms with van der Waals surface area (Å²) >= 11 is 0. The Morgan fingerprint density at radius 3 is 1.61 bits per heavy atom. The number of hydrogen-bond donors (Lipinski definition) is 12. The second-order valence-corrected chi connectivity index (χ2v) is 23.3. The molecule has 504 valence electrons. The number of aromatic hydroxyl groups is 1. The van der Waals surface area contributed by atoms with Gasteiger partial charge < -0.3 is 67.5 Å². The van der Waals surface area contributed by atoms with Crippen LogP contribution in [0.4, 0.5) is 4.79 Å². The van der Waals surface area contributed by atoms with Crippen LogP contribution < -0.4 is 42.4 Å². The van der Waals surface area contributed by atoms with Gasteiger partial charge >= 0.3 is 24.0 Å². The van der Waals surface area contributed by atoms with Gasteiger partial charge in [0.1, 0.15) is 30.2 Å². The number of carboxylic acid groups (broad SMARTS) is 3. The van der Waals surface area contributed by atoms with Crippen LogP contribution in [-0.2, 0) is 44.8 Å². The van der Waals surface area contributed by atoms with Crippen molar-refractivity contribution in [2.24, 2.45) is 5.73 Å². The molecule has 26 heteroatoms. The van der Waals surface area contributed by atoms with E-state index in [1.165, 1.54) is 12.1 Å². The summed E-state index contributed by atoms with van der Waals surface area (Å²) in [7, 11) is 0. The molecule has 1 heterocycles. The predicted molar refractivity (Wildman–Crippen MR) is 351 cm³/mol. The van der Waals surface area contributed by atoms with E-state index < -0.39 is 59.7 Å². The van der Waals surface area contributed by atoms with Crippen LogP contribution in [0.25, 0.3) is 11.1 Å². The number of phenols is 1. The first-order valence-corrected chi connectivity index (χ1v) is 31.8. The van der Waals surface area contributed by atoms with Gasteiger partial charge in [-0.25, -0.2) is 4.79 Å². The van der Waals surface area contributed by atoms with E-state index in [-0.39, 0.29) is 148 Å². The smallest absolute Gasteiger partial charge is 0.407 e. The summed E-state index contributed by atoms with van der Waals surface area (Å²) in [6.07, 6.45) is 1.95. The summed E-state index contributed by atoms with van der Waals surface area (Å²) in [6.45, 7) is 2.33. The van der Waals surface area contributed by atoms with E-state index in [0.29, 0.717) is 55.5 Å². The molecular weight excluding hydrogens is 1210 g/mol. The van der Waals surface area contributed by atoms with Crippen LogP contribution in [0, 0.1) is 5.41 Å². The zero-order valence-corrected chi connectivity index (χ0v) is 52.8. The number of unbranched alkanes of at least 4 members (excludes halogenated alkanes) is 2. The van der Waals surface area contributed by atoms with Crippen LogP contribution in [-0.4, -0.2) is 217 Å². The number of nitrogens with one attached hydrogen (secondary N) is 7. The summed E-state index contributed by atoms with van der Waals surface area (Å²) in [5, 5.41) is 63.3. The number of amides is 5. The van der Waals surface area contributed by atoms with Crippen molar-refractivity contribution >= 4 is 53.6 Å². The average molecular weight is 1300 g/mol. The Morgan fingerprint density at radius 1 is 0.521 bits per heavy atom. The van der Waals surface area contributed by atoms with Gasteiger partial charge in [-0.1, -0.05) is 103 Å². The first kappa shape index (κ1) is 71.8. The maximum absolute atomic E-state index is 14.4. The zero-order chi connectivity index (χ0) is 67.2. The van der Waals surface area contributed by atoms with Crippen molar-refractivity contribution in [3.05, 3.63) is 155 Å². The van der Waals surface area contributed by atoms with Crippen molar-refractivity contribution in [3.63, 3.8) is 0 Å². The third-order valence-corrected chi connectivity index (χ3v) is 16.3. The van der Waals surface area contributed by atoms with E-state index in [4.69, 9.17) is 20.6 Å². The van der Waals surface area contributed by atoms with Gasteiger partial charge in [-0.2, -0.15) is 0 Å². The number of aliphatic carboxylic acids is 3. The van der Waals surface area contributed by atoms with Gasteiger partial charge in [0, 0.05) is 84.5 Å². The molecule has 1 aliphatic heterocycles. The van der Waals surface area contributed by atoms with Crippen LogP contribution in [0.2, 0.25) is 0 Å². The number of nitrogens with zero attached hydrogens (tertiary/aromatic N) is 4. The molecule has 0 saturated carbocycles.